The van der Waals surface area contributed by atoms with Crippen molar-refractivity contribution in [2.45, 2.75) is 31.6 Å². The Hall–Kier alpha value is -3.51. The van der Waals surface area contributed by atoms with Gasteiger partial charge in [0.2, 0.25) is 5.91 Å². The van der Waals surface area contributed by atoms with Crippen molar-refractivity contribution < 1.29 is 42.9 Å². The largest absolute Gasteiger partial charge is 0.465 e. The number of benzene rings is 1. The van der Waals surface area contributed by atoms with Gasteiger partial charge in [0.05, 0.1) is 26.7 Å². The van der Waals surface area contributed by atoms with Gasteiger partial charge in [0, 0.05) is 18.5 Å². The molecule has 3 N–H and O–H groups in total. The van der Waals surface area contributed by atoms with Crippen LogP contribution < -0.4 is 5.73 Å². The highest BCUT2D eigenvalue weighted by Crippen LogP contribution is 2.33. The third kappa shape index (κ3) is 5.18. The summed E-state index contributed by atoms with van der Waals surface area (Å²) in [5.74, 6) is -3.59. The number of nitrogen functional groups attached to an aromatic ring is 1. The lowest BCUT2D eigenvalue weighted by Crippen LogP contribution is -2.42. The number of aliphatic hydroxyl groups excluding tert-OH is 1. The Labute approximate surface area is 198 Å². The van der Waals surface area contributed by atoms with E-state index in [-0.39, 0.29) is 46.0 Å². The van der Waals surface area contributed by atoms with Gasteiger partial charge >= 0.3 is 17.9 Å². The summed E-state index contributed by atoms with van der Waals surface area (Å²) in [5.41, 5.74) is 5.90. The number of ether oxygens (including phenoxy) is 3. The number of hydrogen-bond acceptors (Lipinski definition) is 10. The molecule has 2 atom stereocenters. The number of thiophene rings is 1. The molecular formula is C22H23FN2O8S. The molecule has 0 aliphatic carbocycles. The van der Waals surface area contributed by atoms with Crippen LogP contribution in [-0.4, -0.2) is 66.7 Å². The average molecular weight is 494 g/mol. The van der Waals surface area contributed by atoms with Crippen molar-refractivity contribution >= 4 is 40.2 Å². The molecule has 10 nitrogen and oxygen atoms in total. The fraction of sp³-hybridized carbons (Fsp3) is 0.364. The molecule has 0 bridgehead atoms. The average Bonchev–Trinajstić information content (AvgIpc) is 3.37. The maximum absolute atomic E-state index is 13.9. The molecule has 2 heterocycles. The standard InChI is InChI=1S/C22H23FN2O8S/c1-31-21(29)17-13(18(22(30)32-2)34-19(17)24)10-33-20(28)15-8-12(26)9-25(15)16(27)7-11-5-3-4-6-14(11)23/h3-6,12,15,26H,7-10,24H2,1-2H3. The number of carbonyl (C=O) groups excluding carboxylic acids is 4. The van der Waals surface area contributed by atoms with Crippen LogP contribution in [0.5, 0.6) is 0 Å². The molecule has 1 aromatic heterocycles. The molecule has 1 saturated heterocycles. The van der Waals surface area contributed by atoms with E-state index in [2.05, 4.69) is 0 Å². The molecular weight excluding hydrogens is 471 g/mol. The highest BCUT2D eigenvalue weighted by atomic mass is 32.1. The molecule has 1 aliphatic rings. The Morgan fingerprint density at radius 2 is 1.85 bits per heavy atom. The van der Waals surface area contributed by atoms with Gasteiger partial charge in [0.1, 0.15) is 33.9 Å². The Morgan fingerprint density at radius 3 is 2.50 bits per heavy atom. The second-order valence-electron chi connectivity index (χ2n) is 7.46. The monoisotopic (exact) mass is 494 g/mol. The number of anilines is 1. The highest BCUT2D eigenvalue weighted by molar-refractivity contribution is 7.18. The number of esters is 3. The van der Waals surface area contributed by atoms with E-state index in [4.69, 9.17) is 19.9 Å². The minimum absolute atomic E-state index is 0.0114. The summed E-state index contributed by atoms with van der Waals surface area (Å²) in [5, 5.41) is 10.0. The van der Waals surface area contributed by atoms with Crippen molar-refractivity contribution in [1.29, 1.82) is 0 Å². The van der Waals surface area contributed by atoms with E-state index in [9.17, 15) is 28.7 Å². The summed E-state index contributed by atoms with van der Waals surface area (Å²) in [7, 11) is 2.27. The van der Waals surface area contributed by atoms with E-state index in [0.29, 0.717) is 0 Å². The zero-order valence-corrected chi connectivity index (χ0v) is 19.2. The normalized spacial score (nSPS) is 17.4. The number of β-amino-alcohol motifs (C(OH)–C–C–N with tert-alkyl or cyclic N) is 1. The van der Waals surface area contributed by atoms with Gasteiger partial charge in [-0.1, -0.05) is 18.2 Å². The lowest BCUT2D eigenvalue weighted by molar-refractivity contribution is -0.154. The van der Waals surface area contributed by atoms with Gasteiger partial charge in [-0.15, -0.1) is 11.3 Å². The number of carbonyl (C=O) groups is 4. The van der Waals surface area contributed by atoms with Crippen LogP contribution in [0.3, 0.4) is 0 Å². The lowest BCUT2D eigenvalue weighted by Gasteiger charge is -2.23. The van der Waals surface area contributed by atoms with Crippen molar-refractivity contribution in [3.8, 4) is 0 Å². The van der Waals surface area contributed by atoms with E-state index in [1.54, 1.807) is 6.07 Å². The van der Waals surface area contributed by atoms with E-state index in [0.717, 1.165) is 30.5 Å². The zero-order valence-electron chi connectivity index (χ0n) is 18.4. The van der Waals surface area contributed by atoms with E-state index in [1.165, 1.54) is 18.2 Å². The van der Waals surface area contributed by atoms with Gasteiger partial charge in [-0.3, -0.25) is 4.79 Å². The number of nitrogens with two attached hydrogens (primary N) is 1. The van der Waals surface area contributed by atoms with Crippen LogP contribution in [0.1, 0.15) is 37.6 Å². The van der Waals surface area contributed by atoms with Gasteiger partial charge in [-0.2, -0.15) is 0 Å². The fourth-order valence-electron chi connectivity index (χ4n) is 3.66. The van der Waals surface area contributed by atoms with Crippen molar-refractivity contribution in [2.75, 3.05) is 26.5 Å². The van der Waals surface area contributed by atoms with Crippen molar-refractivity contribution in [1.82, 2.24) is 4.90 Å². The summed E-state index contributed by atoms with van der Waals surface area (Å²) < 4.78 is 28.7. The summed E-state index contributed by atoms with van der Waals surface area (Å²) in [6.45, 7) is -0.650. The first kappa shape index (κ1) is 25.1. The van der Waals surface area contributed by atoms with Gasteiger partial charge in [0.15, 0.2) is 0 Å². The van der Waals surface area contributed by atoms with Gasteiger partial charge in [-0.25, -0.2) is 18.8 Å². The van der Waals surface area contributed by atoms with Crippen LogP contribution in [-0.2, 0) is 36.8 Å². The highest BCUT2D eigenvalue weighted by Gasteiger charge is 2.40. The van der Waals surface area contributed by atoms with Crippen LogP contribution in [0.25, 0.3) is 0 Å². The van der Waals surface area contributed by atoms with Crippen molar-refractivity contribution in [3.63, 3.8) is 0 Å². The third-order valence-corrected chi connectivity index (χ3v) is 6.37. The number of halogens is 1. The molecule has 182 valence electrons. The molecule has 0 radical (unpaired) electrons. The molecule has 1 fully saturated rings. The number of methoxy groups -OCH3 is 2. The van der Waals surface area contributed by atoms with Gasteiger partial charge < -0.3 is 30.0 Å². The van der Waals surface area contributed by atoms with Crippen molar-refractivity contribution in [2.24, 2.45) is 0 Å². The molecule has 1 aromatic carbocycles. The minimum atomic E-state index is -1.13. The predicted molar refractivity (Wildman–Crippen MR) is 117 cm³/mol. The van der Waals surface area contributed by atoms with Crippen LogP contribution in [0, 0.1) is 5.82 Å². The number of likely N-dealkylation sites (tertiary alicyclic amines) is 1. The molecule has 0 spiro atoms. The molecule has 2 unspecified atom stereocenters. The maximum atomic E-state index is 13.9. The van der Waals surface area contributed by atoms with Crippen molar-refractivity contribution in [3.05, 3.63) is 51.7 Å². The first-order valence-electron chi connectivity index (χ1n) is 10.1. The summed E-state index contributed by atoms with van der Waals surface area (Å²) in [6, 6.07) is 4.62. The van der Waals surface area contributed by atoms with Crippen LogP contribution >= 0.6 is 11.3 Å². The molecule has 1 amide bonds. The minimum Gasteiger partial charge on any atom is -0.465 e. The number of amides is 1. The fourth-order valence-corrected chi connectivity index (χ4v) is 4.64. The molecule has 3 rings (SSSR count). The first-order chi connectivity index (χ1) is 16.2. The Balaban J connectivity index is 1.78. The second kappa shape index (κ2) is 10.6. The molecule has 1 aliphatic heterocycles. The van der Waals surface area contributed by atoms with Crippen LogP contribution in [0.2, 0.25) is 0 Å². The summed E-state index contributed by atoms with van der Waals surface area (Å²) in [6.07, 6.45) is -1.36. The SMILES string of the molecule is COC(=O)c1sc(N)c(C(=O)OC)c1COC(=O)C1CC(O)CN1C(=O)Cc1ccccc1F. The third-order valence-electron chi connectivity index (χ3n) is 5.32. The number of nitrogens with zero attached hydrogens (tertiary/aromatic N) is 1. The lowest BCUT2D eigenvalue weighted by atomic mass is 10.1. The number of hydrogen-bond donors (Lipinski definition) is 2. The van der Waals surface area contributed by atoms with Crippen LogP contribution in [0.15, 0.2) is 24.3 Å². The van der Waals surface area contributed by atoms with Crippen LogP contribution in [0.4, 0.5) is 9.39 Å². The summed E-state index contributed by atoms with van der Waals surface area (Å²) in [4.78, 5) is 51.0. The number of aliphatic hydroxyl groups is 1. The van der Waals surface area contributed by atoms with E-state index < -0.39 is 48.4 Å². The first-order valence-corrected chi connectivity index (χ1v) is 10.9. The second-order valence-corrected chi connectivity index (χ2v) is 8.51. The number of rotatable bonds is 7. The Morgan fingerprint density at radius 1 is 1.18 bits per heavy atom. The smallest absolute Gasteiger partial charge is 0.348 e. The predicted octanol–water partition coefficient (Wildman–Crippen LogP) is 1.29. The molecule has 0 saturated carbocycles. The van der Waals surface area contributed by atoms with Gasteiger partial charge in [0.25, 0.3) is 0 Å². The van der Waals surface area contributed by atoms with E-state index in [1.807, 2.05) is 0 Å². The van der Waals surface area contributed by atoms with E-state index >= 15 is 0 Å². The Bertz CT molecular complexity index is 1120. The topological polar surface area (TPSA) is 145 Å². The quantitative estimate of drug-likeness (QED) is 0.429. The van der Waals surface area contributed by atoms with Gasteiger partial charge in [-0.05, 0) is 11.6 Å². The maximum Gasteiger partial charge on any atom is 0.348 e. The molecule has 12 heteroatoms. The molecule has 34 heavy (non-hydrogen) atoms. The Kier molecular flexibility index (Phi) is 7.84. The molecule has 2 aromatic rings. The summed E-state index contributed by atoms with van der Waals surface area (Å²) >= 11 is 0.781. The zero-order chi connectivity index (χ0) is 25.0.